The van der Waals surface area contributed by atoms with E-state index in [0.29, 0.717) is 0 Å². The number of hydrogen-bond donors (Lipinski definition) is 0. The average Bonchev–Trinajstić information content (AvgIpc) is 2.10. The Morgan fingerprint density at radius 2 is 1.57 bits per heavy atom. The second-order valence-electron chi connectivity index (χ2n) is 3.04. The molecular weight excluding hydrogens is 259 g/mol. The maximum absolute atomic E-state index is 13.0. The fourth-order valence-corrected chi connectivity index (χ4v) is 2.94. The molecule has 77 valence electrons. The predicted octanol–water partition coefficient (Wildman–Crippen LogP) is 2.40. The second kappa shape index (κ2) is 4.35. The van der Waals surface area contributed by atoms with Gasteiger partial charge in [0.2, 0.25) is 0 Å². The molecule has 14 heavy (non-hydrogen) atoms. The van der Waals surface area contributed by atoms with E-state index in [1.54, 1.807) is 0 Å². The summed E-state index contributed by atoms with van der Waals surface area (Å²) in [6, 6.07) is 0.744. The summed E-state index contributed by atoms with van der Waals surface area (Å²) in [7, 11) is 0. The zero-order valence-electron chi connectivity index (χ0n) is 7.61. The summed E-state index contributed by atoms with van der Waals surface area (Å²) < 4.78 is 51.1. The molecule has 1 aromatic rings. The first kappa shape index (κ1) is 11.6. The van der Waals surface area contributed by atoms with Crippen LogP contribution in [0.3, 0.4) is 0 Å². The summed E-state index contributed by atoms with van der Waals surface area (Å²) in [6.07, 6.45) is 0. The Labute approximate surface area is 86.0 Å². The van der Waals surface area contributed by atoms with Crippen molar-refractivity contribution >= 4 is 20.1 Å². The first-order chi connectivity index (χ1) is 6.43. The quantitative estimate of drug-likeness (QED) is 0.334. The molecule has 0 saturated carbocycles. The molecule has 0 aromatic heterocycles. The van der Waals surface area contributed by atoms with E-state index in [2.05, 4.69) is 0 Å². The van der Waals surface area contributed by atoms with Crippen molar-refractivity contribution in [3.63, 3.8) is 0 Å². The molecule has 0 aliphatic rings. The van der Waals surface area contributed by atoms with Crippen molar-refractivity contribution < 1.29 is 17.6 Å². The second-order valence-corrected chi connectivity index (χ2v) is 6.76. The van der Waals surface area contributed by atoms with E-state index in [-0.39, 0.29) is 9.06 Å². The van der Waals surface area contributed by atoms with E-state index in [4.69, 9.17) is 0 Å². The molecule has 0 spiro atoms. The Kier molecular flexibility index (Phi) is 3.59. The van der Waals surface area contributed by atoms with E-state index in [1.165, 1.54) is 0 Å². The third-order valence-corrected chi connectivity index (χ3v) is 3.83. The van der Waals surface area contributed by atoms with Gasteiger partial charge in [-0.15, -0.1) is 0 Å². The van der Waals surface area contributed by atoms with Crippen LogP contribution in [0.2, 0.25) is 4.71 Å². The van der Waals surface area contributed by atoms with Gasteiger partial charge in [-0.3, -0.25) is 0 Å². The van der Waals surface area contributed by atoms with Gasteiger partial charge in [0, 0.05) is 0 Å². The fraction of sp³-hybridized carbons (Fsp3) is 0.333. The summed E-state index contributed by atoms with van der Waals surface area (Å²) in [5.41, 5.74) is 0. The first-order valence-corrected chi connectivity index (χ1v) is 5.99. The van der Waals surface area contributed by atoms with Crippen molar-refractivity contribution in [2.45, 2.75) is 18.6 Å². The van der Waals surface area contributed by atoms with Crippen molar-refractivity contribution in [3.05, 3.63) is 29.3 Å². The summed E-state index contributed by atoms with van der Waals surface area (Å²) in [6.45, 7) is 3.64. The maximum atomic E-state index is 13.0. The molecule has 0 atom stereocenters. The Balaban J connectivity index is 3.19. The molecule has 1 aromatic carbocycles. The molecule has 1 rings (SSSR count). The van der Waals surface area contributed by atoms with Gasteiger partial charge in [-0.2, -0.15) is 0 Å². The van der Waals surface area contributed by atoms with Crippen molar-refractivity contribution in [1.82, 2.24) is 0 Å². The van der Waals surface area contributed by atoms with Crippen LogP contribution in [-0.2, 0) is 0 Å². The minimum absolute atomic E-state index is 0.0346. The Morgan fingerprint density at radius 1 is 1.00 bits per heavy atom. The van der Waals surface area contributed by atoms with Crippen LogP contribution in [0.1, 0.15) is 13.8 Å². The van der Waals surface area contributed by atoms with E-state index < -0.39 is 39.0 Å². The normalized spacial score (nSPS) is 11.9. The molecule has 1 radical (unpaired) electrons. The van der Waals surface area contributed by atoms with Crippen LogP contribution in [-0.4, -0.2) is 15.8 Å². The molecule has 0 N–H and O–H groups in total. The zero-order valence-corrected chi connectivity index (χ0v) is 9.49. The Bertz CT molecular complexity index is 349. The van der Waals surface area contributed by atoms with E-state index >= 15 is 0 Å². The molecule has 0 heterocycles. The molecule has 0 amide bonds. The van der Waals surface area contributed by atoms with Crippen LogP contribution in [0.4, 0.5) is 17.6 Å². The summed E-state index contributed by atoms with van der Waals surface area (Å²) in [5.74, 6) is -6.03. The number of halogens is 4. The Morgan fingerprint density at radius 3 is 2.07 bits per heavy atom. The standard InChI is InChI=1S/C9H8AsF4/c1-4(2)10-5-3-6(11)8(13)9(14)7(5)12/h3-4H,1-2H3. The third-order valence-electron chi connectivity index (χ3n) is 1.48. The number of hydrogen-bond acceptors (Lipinski definition) is 0. The van der Waals surface area contributed by atoms with E-state index in [9.17, 15) is 17.6 Å². The molecule has 5 heteroatoms. The summed E-state index contributed by atoms with van der Waals surface area (Å²) in [4.78, 5) is 0. The van der Waals surface area contributed by atoms with Crippen LogP contribution in [0.15, 0.2) is 6.07 Å². The summed E-state index contributed by atoms with van der Waals surface area (Å²) >= 11 is -0.674. The van der Waals surface area contributed by atoms with E-state index in [1.807, 2.05) is 13.8 Å². The van der Waals surface area contributed by atoms with Gasteiger partial charge in [-0.05, 0) is 0 Å². The van der Waals surface area contributed by atoms with Gasteiger partial charge in [0.05, 0.1) is 0 Å². The average molecular weight is 267 g/mol. The van der Waals surface area contributed by atoms with Gasteiger partial charge in [0.1, 0.15) is 0 Å². The molecule has 0 bridgehead atoms. The molecule has 0 unspecified atom stereocenters. The fourth-order valence-electron chi connectivity index (χ4n) is 0.933. The van der Waals surface area contributed by atoms with Gasteiger partial charge >= 0.3 is 85.6 Å². The minimum atomic E-state index is -1.74. The number of rotatable bonds is 2. The van der Waals surface area contributed by atoms with Crippen LogP contribution >= 0.6 is 0 Å². The van der Waals surface area contributed by atoms with Crippen LogP contribution in [0.25, 0.3) is 0 Å². The van der Waals surface area contributed by atoms with Crippen LogP contribution in [0.5, 0.6) is 0 Å². The molecule has 0 saturated heterocycles. The monoisotopic (exact) mass is 267 g/mol. The topological polar surface area (TPSA) is 0 Å². The zero-order chi connectivity index (χ0) is 10.9. The van der Waals surface area contributed by atoms with Crippen molar-refractivity contribution in [1.29, 1.82) is 0 Å². The van der Waals surface area contributed by atoms with Crippen LogP contribution < -0.4 is 4.35 Å². The molecule has 0 aliphatic heterocycles. The van der Waals surface area contributed by atoms with Gasteiger partial charge in [0.15, 0.2) is 0 Å². The number of benzene rings is 1. The van der Waals surface area contributed by atoms with Crippen LogP contribution in [0, 0.1) is 23.3 Å². The molecule has 0 nitrogen and oxygen atoms in total. The molecule has 0 aliphatic carbocycles. The van der Waals surface area contributed by atoms with Gasteiger partial charge in [-0.1, -0.05) is 0 Å². The van der Waals surface area contributed by atoms with Crippen molar-refractivity contribution in [2.75, 3.05) is 0 Å². The third kappa shape index (κ3) is 2.30. The molecular formula is C9H8AsF4. The first-order valence-electron chi connectivity index (χ1n) is 3.97. The van der Waals surface area contributed by atoms with Gasteiger partial charge < -0.3 is 0 Å². The molecule has 0 fully saturated rings. The SMILES string of the molecule is CC(C)[As]c1cc(F)c(F)c(F)c1F. The Hall–Kier alpha value is -0.502. The van der Waals surface area contributed by atoms with E-state index in [0.717, 1.165) is 6.07 Å². The van der Waals surface area contributed by atoms with Crippen molar-refractivity contribution in [2.24, 2.45) is 0 Å². The van der Waals surface area contributed by atoms with Gasteiger partial charge in [0.25, 0.3) is 0 Å². The predicted molar refractivity (Wildman–Crippen MR) is 46.8 cm³/mol. The van der Waals surface area contributed by atoms with Crippen molar-refractivity contribution in [3.8, 4) is 0 Å². The summed E-state index contributed by atoms with van der Waals surface area (Å²) in [5, 5.41) is 0. The van der Waals surface area contributed by atoms with Gasteiger partial charge in [-0.25, -0.2) is 0 Å².